The van der Waals surface area contributed by atoms with E-state index in [0.29, 0.717) is 16.7 Å². The van der Waals surface area contributed by atoms with Crippen LogP contribution in [0.5, 0.6) is 0 Å². The predicted octanol–water partition coefficient (Wildman–Crippen LogP) is 6.12. The molecule has 1 N–H and O–H groups in total. The van der Waals surface area contributed by atoms with Gasteiger partial charge in [-0.05, 0) is 81.5 Å². The van der Waals surface area contributed by atoms with Gasteiger partial charge in [0.25, 0.3) is 0 Å². The monoisotopic (exact) mass is 306 g/mol. The van der Waals surface area contributed by atoms with Gasteiger partial charge in [0.15, 0.2) is 0 Å². The molecule has 22 heavy (non-hydrogen) atoms. The first-order valence-electron chi connectivity index (χ1n) is 9.51. The molecular formula is C21H38O. The van der Waals surface area contributed by atoms with Crippen molar-refractivity contribution < 1.29 is 5.11 Å². The van der Waals surface area contributed by atoms with Gasteiger partial charge in [0.2, 0.25) is 0 Å². The van der Waals surface area contributed by atoms with Crippen LogP contribution in [0.1, 0.15) is 92.9 Å². The van der Waals surface area contributed by atoms with E-state index in [2.05, 4.69) is 47.6 Å². The molecule has 2 saturated carbocycles. The van der Waals surface area contributed by atoms with Crippen LogP contribution in [0.2, 0.25) is 0 Å². The molecule has 0 aromatic rings. The minimum Gasteiger partial charge on any atom is -0.390 e. The third-order valence-electron chi connectivity index (χ3n) is 7.14. The Hall–Kier alpha value is -0.300. The first-order chi connectivity index (χ1) is 10.1. The van der Waals surface area contributed by atoms with E-state index in [0.717, 1.165) is 31.6 Å². The molecular weight excluding hydrogens is 268 g/mol. The van der Waals surface area contributed by atoms with Crippen molar-refractivity contribution in [1.82, 2.24) is 0 Å². The fourth-order valence-electron chi connectivity index (χ4n) is 6.09. The van der Waals surface area contributed by atoms with Crippen LogP contribution in [-0.4, -0.2) is 10.7 Å². The summed E-state index contributed by atoms with van der Waals surface area (Å²) in [5.74, 6) is 1.22. The predicted molar refractivity (Wildman–Crippen MR) is 95.9 cm³/mol. The van der Waals surface area contributed by atoms with E-state index in [9.17, 15) is 5.11 Å². The van der Waals surface area contributed by atoms with Crippen LogP contribution in [0.3, 0.4) is 0 Å². The second kappa shape index (κ2) is 6.30. The molecule has 1 unspecified atom stereocenters. The molecule has 0 bridgehead atoms. The standard InChI is InChI=1S/C21H38O/c1-7-9-16(2)10-11-18-20(5)14-8-13-19(3,4)17(20)12-15-21(18,6)22/h9,17-18,22H,7-8,10-15H2,1-6H3/b16-9+/t17?,18-,20+,21-/m1/s1. The van der Waals surface area contributed by atoms with Gasteiger partial charge in [0.1, 0.15) is 0 Å². The van der Waals surface area contributed by atoms with E-state index in [-0.39, 0.29) is 0 Å². The fraction of sp³-hybridized carbons (Fsp3) is 0.905. The van der Waals surface area contributed by atoms with Crippen molar-refractivity contribution in [1.29, 1.82) is 0 Å². The third kappa shape index (κ3) is 3.30. The van der Waals surface area contributed by atoms with E-state index in [1.165, 1.54) is 31.3 Å². The summed E-state index contributed by atoms with van der Waals surface area (Å²) in [5.41, 5.74) is 1.77. The Morgan fingerprint density at radius 2 is 1.82 bits per heavy atom. The summed E-state index contributed by atoms with van der Waals surface area (Å²) >= 11 is 0. The van der Waals surface area contributed by atoms with Crippen molar-refractivity contribution >= 4 is 0 Å². The molecule has 2 rings (SSSR count). The number of rotatable bonds is 4. The molecule has 0 spiro atoms. The Morgan fingerprint density at radius 3 is 2.45 bits per heavy atom. The van der Waals surface area contributed by atoms with Gasteiger partial charge >= 0.3 is 0 Å². The van der Waals surface area contributed by atoms with Gasteiger partial charge < -0.3 is 5.11 Å². The summed E-state index contributed by atoms with van der Waals surface area (Å²) in [5, 5.41) is 11.1. The molecule has 1 heteroatoms. The van der Waals surface area contributed by atoms with Crippen LogP contribution in [0.4, 0.5) is 0 Å². The largest absolute Gasteiger partial charge is 0.390 e. The number of allylic oxidation sites excluding steroid dienone is 2. The summed E-state index contributed by atoms with van der Waals surface area (Å²) in [7, 11) is 0. The topological polar surface area (TPSA) is 20.2 Å². The summed E-state index contributed by atoms with van der Waals surface area (Å²) in [6, 6.07) is 0. The number of hydrogen-bond donors (Lipinski definition) is 1. The summed E-state index contributed by atoms with van der Waals surface area (Å²) < 4.78 is 0. The fourth-order valence-corrected chi connectivity index (χ4v) is 6.09. The van der Waals surface area contributed by atoms with Crippen LogP contribution in [0.15, 0.2) is 11.6 Å². The van der Waals surface area contributed by atoms with Crippen LogP contribution in [0, 0.1) is 22.7 Å². The molecule has 0 radical (unpaired) electrons. The summed E-state index contributed by atoms with van der Waals surface area (Å²) in [6.07, 6.45) is 12.0. The van der Waals surface area contributed by atoms with Gasteiger partial charge in [0, 0.05) is 0 Å². The van der Waals surface area contributed by atoms with E-state index in [1.807, 2.05) is 0 Å². The van der Waals surface area contributed by atoms with Crippen molar-refractivity contribution in [2.45, 2.75) is 98.5 Å². The maximum atomic E-state index is 11.1. The number of fused-ring (bicyclic) bond motifs is 1. The summed E-state index contributed by atoms with van der Waals surface area (Å²) in [6.45, 7) is 14.0. The van der Waals surface area contributed by atoms with Gasteiger partial charge in [-0.1, -0.05) is 45.8 Å². The van der Waals surface area contributed by atoms with Gasteiger partial charge in [-0.15, -0.1) is 0 Å². The smallest absolute Gasteiger partial charge is 0.0653 e. The lowest BCUT2D eigenvalue weighted by Gasteiger charge is -2.61. The minimum atomic E-state index is -0.481. The van der Waals surface area contributed by atoms with E-state index in [4.69, 9.17) is 0 Å². The van der Waals surface area contributed by atoms with Gasteiger partial charge in [-0.2, -0.15) is 0 Å². The quantitative estimate of drug-likeness (QED) is 0.621. The van der Waals surface area contributed by atoms with Crippen molar-refractivity contribution in [3.05, 3.63) is 11.6 Å². The molecule has 0 amide bonds. The van der Waals surface area contributed by atoms with E-state index < -0.39 is 5.60 Å². The van der Waals surface area contributed by atoms with Crippen molar-refractivity contribution in [2.75, 3.05) is 0 Å². The van der Waals surface area contributed by atoms with Crippen molar-refractivity contribution in [3.8, 4) is 0 Å². The molecule has 0 aliphatic heterocycles. The van der Waals surface area contributed by atoms with Crippen LogP contribution >= 0.6 is 0 Å². The molecule has 0 aromatic heterocycles. The second-order valence-corrected chi connectivity index (χ2v) is 9.35. The van der Waals surface area contributed by atoms with Crippen molar-refractivity contribution in [2.24, 2.45) is 22.7 Å². The zero-order valence-corrected chi connectivity index (χ0v) is 15.8. The average Bonchev–Trinajstić information content (AvgIpc) is 2.36. The maximum absolute atomic E-state index is 11.1. The van der Waals surface area contributed by atoms with Crippen LogP contribution in [0.25, 0.3) is 0 Å². The van der Waals surface area contributed by atoms with Gasteiger partial charge in [-0.3, -0.25) is 0 Å². The Balaban J connectivity index is 2.24. The van der Waals surface area contributed by atoms with Crippen molar-refractivity contribution in [3.63, 3.8) is 0 Å². The normalized spacial score (nSPS) is 42.0. The average molecular weight is 307 g/mol. The Labute approximate surface area is 138 Å². The third-order valence-corrected chi connectivity index (χ3v) is 7.14. The lowest BCUT2D eigenvalue weighted by molar-refractivity contribution is -0.168. The highest BCUT2D eigenvalue weighted by molar-refractivity contribution is 5.09. The number of aliphatic hydroxyl groups is 1. The van der Waals surface area contributed by atoms with Crippen LogP contribution < -0.4 is 0 Å². The maximum Gasteiger partial charge on any atom is 0.0653 e. The lowest BCUT2D eigenvalue weighted by Crippen LogP contribution is -2.57. The van der Waals surface area contributed by atoms with Gasteiger partial charge in [0.05, 0.1) is 5.60 Å². The molecule has 4 atom stereocenters. The Kier molecular flexibility index (Phi) is 5.17. The Bertz CT molecular complexity index is 418. The molecule has 128 valence electrons. The minimum absolute atomic E-state index is 0.315. The first-order valence-corrected chi connectivity index (χ1v) is 9.51. The van der Waals surface area contributed by atoms with E-state index in [1.54, 1.807) is 0 Å². The molecule has 1 nitrogen and oxygen atoms in total. The van der Waals surface area contributed by atoms with Crippen LogP contribution in [-0.2, 0) is 0 Å². The SMILES string of the molecule is CC/C=C(\C)CC[C@@H]1[C@@]2(C)CCCC(C)(C)C2CC[C@@]1(C)O. The van der Waals surface area contributed by atoms with E-state index >= 15 is 0 Å². The first kappa shape index (κ1) is 18.0. The Morgan fingerprint density at radius 1 is 1.14 bits per heavy atom. The number of hydrogen-bond acceptors (Lipinski definition) is 1. The summed E-state index contributed by atoms with van der Waals surface area (Å²) in [4.78, 5) is 0. The molecule has 2 aliphatic rings. The zero-order chi connectivity index (χ0) is 16.6. The lowest BCUT2D eigenvalue weighted by atomic mass is 9.45. The molecule has 0 heterocycles. The molecule has 2 fully saturated rings. The highest BCUT2D eigenvalue weighted by atomic mass is 16.3. The molecule has 0 aromatic carbocycles. The highest BCUT2D eigenvalue weighted by Gasteiger charge is 2.57. The van der Waals surface area contributed by atoms with Gasteiger partial charge in [-0.25, -0.2) is 0 Å². The second-order valence-electron chi connectivity index (χ2n) is 9.35. The highest BCUT2D eigenvalue weighted by Crippen LogP contribution is 2.62. The molecule has 2 aliphatic carbocycles. The molecule has 0 saturated heterocycles. The zero-order valence-electron chi connectivity index (χ0n) is 15.8.